The van der Waals surface area contributed by atoms with Crippen molar-refractivity contribution in [3.8, 4) is 0 Å². The second kappa shape index (κ2) is 5.99. The van der Waals surface area contributed by atoms with E-state index in [9.17, 15) is 0 Å². The molecular formula is C14H25N. The third-order valence-corrected chi connectivity index (χ3v) is 3.47. The topological polar surface area (TPSA) is 3.24 Å². The molecule has 1 aliphatic heterocycles. The molecule has 0 aromatic heterocycles. The van der Waals surface area contributed by atoms with Crippen LogP contribution in [0.15, 0.2) is 23.4 Å². The van der Waals surface area contributed by atoms with Gasteiger partial charge in [-0.2, -0.15) is 0 Å². The molecule has 0 spiro atoms. The first kappa shape index (κ1) is 12.4. The van der Waals surface area contributed by atoms with Gasteiger partial charge in [-0.25, -0.2) is 0 Å². The van der Waals surface area contributed by atoms with Gasteiger partial charge in [-0.15, -0.1) is 0 Å². The molecule has 1 saturated heterocycles. The molecule has 1 rings (SSSR count). The Morgan fingerprint density at radius 3 is 2.40 bits per heavy atom. The monoisotopic (exact) mass is 207 g/mol. The maximum absolute atomic E-state index is 2.51. The van der Waals surface area contributed by atoms with E-state index in [2.05, 4.69) is 44.7 Å². The zero-order valence-corrected chi connectivity index (χ0v) is 10.7. The van der Waals surface area contributed by atoms with E-state index in [0.29, 0.717) is 5.92 Å². The average molecular weight is 207 g/mol. The Morgan fingerprint density at radius 1 is 1.27 bits per heavy atom. The van der Waals surface area contributed by atoms with E-state index in [-0.39, 0.29) is 0 Å². The molecule has 1 heteroatoms. The Hall–Kier alpha value is -0.720. The fourth-order valence-corrected chi connectivity index (χ4v) is 1.87. The summed E-state index contributed by atoms with van der Waals surface area (Å²) in [6.45, 7) is 11.5. The lowest BCUT2D eigenvalue weighted by Gasteiger charge is -2.20. The highest BCUT2D eigenvalue weighted by atomic mass is 15.1. The van der Waals surface area contributed by atoms with Crippen LogP contribution in [0.3, 0.4) is 0 Å². The zero-order chi connectivity index (χ0) is 11.3. The lowest BCUT2D eigenvalue weighted by molar-refractivity contribution is 0.424. The molecule has 0 aromatic carbocycles. The van der Waals surface area contributed by atoms with E-state index in [0.717, 1.165) is 0 Å². The summed E-state index contributed by atoms with van der Waals surface area (Å²) in [7, 11) is 0. The largest absolute Gasteiger partial charge is 0.375 e. The van der Waals surface area contributed by atoms with Crippen LogP contribution in [-0.2, 0) is 0 Å². The van der Waals surface area contributed by atoms with E-state index in [4.69, 9.17) is 0 Å². The van der Waals surface area contributed by atoms with Gasteiger partial charge in [0.05, 0.1) is 0 Å². The minimum atomic E-state index is 0.700. The second-order valence-corrected chi connectivity index (χ2v) is 4.71. The molecule has 1 nitrogen and oxygen atoms in total. The molecule has 0 saturated carbocycles. The Bertz CT molecular complexity index is 244. The van der Waals surface area contributed by atoms with E-state index in [1.807, 2.05) is 0 Å². The van der Waals surface area contributed by atoms with Crippen LogP contribution >= 0.6 is 0 Å². The van der Waals surface area contributed by atoms with Gasteiger partial charge >= 0.3 is 0 Å². The third kappa shape index (κ3) is 3.73. The summed E-state index contributed by atoms with van der Waals surface area (Å²) in [6, 6.07) is 0. The van der Waals surface area contributed by atoms with Crippen LogP contribution in [0.25, 0.3) is 0 Å². The molecule has 15 heavy (non-hydrogen) atoms. The first-order chi connectivity index (χ1) is 7.15. The molecule has 1 unspecified atom stereocenters. The van der Waals surface area contributed by atoms with Crippen LogP contribution < -0.4 is 0 Å². The molecule has 0 bridgehead atoms. The average Bonchev–Trinajstić information content (AvgIpc) is 2.77. The standard InChI is InChI=1S/C14H25N/c1-5-12(2)8-9-13(3)14(4)15-10-6-7-11-15/h8-9,12H,5-7,10-11H2,1-4H3/b9-8-,14-13+. The normalized spacial score (nSPS) is 20.9. The molecule has 86 valence electrons. The van der Waals surface area contributed by atoms with Gasteiger partial charge in [-0.1, -0.05) is 32.4 Å². The zero-order valence-electron chi connectivity index (χ0n) is 10.7. The minimum Gasteiger partial charge on any atom is -0.375 e. The van der Waals surface area contributed by atoms with Crippen molar-refractivity contribution in [1.82, 2.24) is 4.90 Å². The molecule has 1 fully saturated rings. The van der Waals surface area contributed by atoms with Gasteiger partial charge in [0.1, 0.15) is 0 Å². The van der Waals surface area contributed by atoms with Gasteiger partial charge in [0.15, 0.2) is 0 Å². The summed E-state index contributed by atoms with van der Waals surface area (Å²) >= 11 is 0. The van der Waals surface area contributed by atoms with Crippen LogP contribution in [-0.4, -0.2) is 18.0 Å². The lowest BCUT2D eigenvalue weighted by atomic mass is 10.1. The van der Waals surface area contributed by atoms with Crippen molar-refractivity contribution in [2.24, 2.45) is 5.92 Å². The smallest absolute Gasteiger partial charge is 0.0175 e. The van der Waals surface area contributed by atoms with Crippen LogP contribution in [0.2, 0.25) is 0 Å². The van der Waals surface area contributed by atoms with Crippen LogP contribution in [0, 0.1) is 5.92 Å². The molecule has 0 N–H and O–H groups in total. The Balaban J connectivity index is 2.59. The first-order valence-electron chi connectivity index (χ1n) is 6.25. The van der Waals surface area contributed by atoms with E-state index < -0.39 is 0 Å². The fraction of sp³-hybridized carbons (Fsp3) is 0.714. The number of rotatable bonds is 4. The van der Waals surface area contributed by atoms with Crippen molar-refractivity contribution in [2.75, 3.05) is 13.1 Å². The molecular weight excluding hydrogens is 182 g/mol. The molecule has 0 radical (unpaired) electrons. The SMILES string of the molecule is CCC(C)/C=C\C(C)=C(/C)N1CCCC1. The highest BCUT2D eigenvalue weighted by molar-refractivity contribution is 5.22. The van der Waals surface area contributed by atoms with E-state index in [1.54, 1.807) is 0 Å². The van der Waals surface area contributed by atoms with E-state index in [1.165, 1.54) is 43.6 Å². The van der Waals surface area contributed by atoms with Gasteiger partial charge in [-0.05, 0) is 38.2 Å². The summed E-state index contributed by atoms with van der Waals surface area (Å²) in [4.78, 5) is 2.51. The molecule has 1 heterocycles. The van der Waals surface area contributed by atoms with Crippen molar-refractivity contribution < 1.29 is 0 Å². The number of allylic oxidation sites excluding steroid dienone is 4. The molecule has 0 aliphatic carbocycles. The Morgan fingerprint density at radius 2 is 1.87 bits per heavy atom. The number of nitrogens with zero attached hydrogens (tertiary/aromatic N) is 1. The number of hydrogen-bond donors (Lipinski definition) is 0. The predicted molar refractivity (Wildman–Crippen MR) is 67.8 cm³/mol. The maximum atomic E-state index is 2.51. The highest BCUT2D eigenvalue weighted by Gasteiger charge is 2.12. The Kier molecular flexibility index (Phi) is 4.93. The fourth-order valence-electron chi connectivity index (χ4n) is 1.87. The van der Waals surface area contributed by atoms with Gasteiger partial charge < -0.3 is 4.90 Å². The van der Waals surface area contributed by atoms with Gasteiger partial charge in [0.2, 0.25) is 0 Å². The van der Waals surface area contributed by atoms with Gasteiger partial charge in [-0.3, -0.25) is 0 Å². The summed E-state index contributed by atoms with van der Waals surface area (Å²) in [5.74, 6) is 0.700. The molecule has 1 aliphatic rings. The van der Waals surface area contributed by atoms with Crippen molar-refractivity contribution in [3.63, 3.8) is 0 Å². The third-order valence-electron chi connectivity index (χ3n) is 3.47. The molecule has 0 amide bonds. The Labute approximate surface area is 94.9 Å². The lowest BCUT2D eigenvalue weighted by Crippen LogP contribution is -2.17. The van der Waals surface area contributed by atoms with Crippen molar-refractivity contribution in [2.45, 2.75) is 47.0 Å². The second-order valence-electron chi connectivity index (χ2n) is 4.71. The number of hydrogen-bond acceptors (Lipinski definition) is 1. The quantitative estimate of drug-likeness (QED) is 0.630. The summed E-state index contributed by atoms with van der Waals surface area (Å²) in [5.41, 5.74) is 2.89. The summed E-state index contributed by atoms with van der Waals surface area (Å²) in [6.07, 6.45) is 8.57. The predicted octanol–water partition coefficient (Wildman–Crippen LogP) is 3.98. The molecule has 0 aromatic rings. The summed E-state index contributed by atoms with van der Waals surface area (Å²) in [5, 5.41) is 0. The highest BCUT2D eigenvalue weighted by Crippen LogP contribution is 2.18. The molecule has 1 atom stereocenters. The summed E-state index contributed by atoms with van der Waals surface area (Å²) < 4.78 is 0. The van der Waals surface area contributed by atoms with E-state index >= 15 is 0 Å². The van der Waals surface area contributed by atoms with Crippen molar-refractivity contribution in [3.05, 3.63) is 23.4 Å². The van der Waals surface area contributed by atoms with Crippen LogP contribution in [0.5, 0.6) is 0 Å². The van der Waals surface area contributed by atoms with Crippen LogP contribution in [0.1, 0.15) is 47.0 Å². The minimum absolute atomic E-state index is 0.700. The maximum Gasteiger partial charge on any atom is 0.0175 e. The number of likely N-dealkylation sites (tertiary alicyclic amines) is 1. The van der Waals surface area contributed by atoms with Gasteiger partial charge in [0, 0.05) is 18.8 Å². The van der Waals surface area contributed by atoms with Crippen molar-refractivity contribution in [1.29, 1.82) is 0 Å². The van der Waals surface area contributed by atoms with Gasteiger partial charge in [0.25, 0.3) is 0 Å². The first-order valence-corrected chi connectivity index (χ1v) is 6.25. The van der Waals surface area contributed by atoms with Crippen molar-refractivity contribution >= 4 is 0 Å². The van der Waals surface area contributed by atoms with Crippen LogP contribution in [0.4, 0.5) is 0 Å².